The van der Waals surface area contributed by atoms with Crippen molar-refractivity contribution in [3.8, 4) is 0 Å². The molecule has 26 heavy (non-hydrogen) atoms. The number of hydrogen-bond donors (Lipinski definition) is 3. The van der Waals surface area contributed by atoms with Crippen LogP contribution in [0.15, 0.2) is 47.6 Å². The third-order valence-corrected chi connectivity index (χ3v) is 4.82. The molecule has 1 aromatic carbocycles. The number of allylic oxidation sites excluding steroid dienone is 2. The summed E-state index contributed by atoms with van der Waals surface area (Å²) in [7, 11) is -3.33. The number of carbonyl (C=O) groups is 1. The molecule has 0 aromatic heterocycles. The average Bonchev–Trinajstić information content (AvgIpc) is 3.34. The quantitative estimate of drug-likeness (QED) is 0.694. The van der Waals surface area contributed by atoms with Gasteiger partial charge in [-0.3, -0.25) is 9.52 Å². The van der Waals surface area contributed by atoms with E-state index in [9.17, 15) is 13.2 Å². The highest BCUT2D eigenvalue weighted by Gasteiger charge is 2.31. The molecule has 1 aliphatic carbocycles. The van der Waals surface area contributed by atoms with E-state index in [0.717, 1.165) is 36.1 Å². The molecular formula is C17H19N5O3S. The fraction of sp³-hybridized carbons (Fsp3) is 0.294. The maximum Gasteiger partial charge on any atom is 0.229 e. The minimum Gasteiger partial charge on any atom is -0.402 e. The Morgan fingerprint density at radius 2 is 2.12 bits per heavy atom. The van der Waals surface area contributed by atoms with Crippen LogP contribution in [0.1, 0.15) is 18.4 Å². The molecule has 3 aliphatic rings. The maximum absolute atomic E-state index is 11.9. The van der Waals surface area contributed by atoms with E-state index in [1.807, 2.05) is 24.4 Å². The Hall–Kier alpha value is -2.49. The first-order valence-corrected chi connectivity index (χ1v) is 10.2. The topological polar surface area (TPSA) is 106 Å². The Kier molecular flexibility index (Phi) is 4.14. The van der Waals surface area contributed by atoms with Crippen LogP contribution in [0.25, 0.3) is 11.0 Å². The van der Waals surface area contributed by atoms with Gasteiger partial charge in [-0.1, -0.05) is 12.1 Å². The van der Waals surface area contributed by atoms with Crippen LogP contribution in [-0.2, 0) is 14.8 Å². The number of nitrogens with one attached hydrogen (secondary N) is 3. The van der Waals surface area contributed by atoms with Gasteiger partial charge in [0.05, 0.1) is 18.7 Å². The molecular weight excluding hydrogens is 354 g/mol. The summed E-state index contributed by atoms with van der Waals surface area (Å²) >= 11 is 0. The van der Waals surface area contributed by atoms with Gasteiger partial charge in [0.2, 0.25) is 21.8 Å². The number of carbonyl (C=O) groups excluding carboxylic acids is 1. The Morgan fingerprint density at radius 3 is 2.85 bits per heavy atom. The molecule has 136 valence electrons. The van der Waals surface area contributed by atoms with Crippen LogP contribution in [0, 0.1) is 5.92 Å². The van der Waals surface area contributed by atoms with Crippen LogP contribution in [0.5, 0.6) is 0 Å². The molecule has 3 N–H and O–H groups in total. The third kappa shape index (κ3) is 3.85. The molecule has 9 heteroatoms. The number of nitrogens with zero attached hydrogens (tertiary/aromatic N) is 2. The second kappa shape index (κ2) is 6.35. The molecule has 2 unspecified atom stereocenters. The molecule has 0 saturated heterocycles. The predicted octanol–water partition coefficient (Wildman–Crippen LogP) is 0.364. The Morgan fingerprint density at radius 1 is 1.31 bits per heavy atom. The van der Waals surface area contributed by atoms with Crippen LogP contribution in [0.3, 0.4) is 0 Å². The molecule has 2 atom stereocenters. The van der Waals surface area contributed by atoms with E-state index in [2.05, 4.69) is 20.5 Å². The average molecular weight is 373 g/mol. The van der Waals surface area contributed by atoms with Crippen LogP contribution in [0.4, 0.5) is 5.69 Å². The summed E-state index contributed by atoms with van der Waals surface area (Å²) in [5.41, 5.74) is 6.72. The molecule has 2 aliphatic heterocycles. The van der Waals surface area contributed by atoms with Crippen molar-refractivity contribution >= 4 is 33.0 Å². The lowest BCUT2D eigenvalue weighted by Gasteiger charge is -2.26. The molecule has 8 nitrogen and oxygen atoms in total. The van der Waals surface area contributed by atoms with Crippen molar-refractivity contribution in [2.75, 3.05) is 11.0 Å². The lowest BCUT2D eigenvalue weighted by atomic mass is 10.0. The fourth-order valence-corrected chi connectivity index (χ4v) is 3.39. The fourth-order valence-electron chi connectivity index (χ4n) is 2.84. The van der Waals surface area contributed by atoms with E-state index in [4.69, 9.17) is 0 Å². The lowest BCUT2D eigenvalue weighted by molar-refractivity contribution is -0.696. The van der Waals surface area contributed by atoms with Gasteiger partial charge >= 0.3 is 0 Å². The van der Waals surface area contributed by atoms with E-state index >= 15 is 0 Å². The summed E-state index contributed by atoms with van der Waals surface area (Å²) in [5.74, 6) is 0.861. The number of fused-ring (bicyclic) bond motifs is 1. The first-order chi connectivity index (χ1) is 12.4. The number of amides is 1. The second-order valence-electron chi connectivity index (χ2n) is 6.57. The van der Waals surface area contributed by atoms with Crippen molar-refractivity contribution in [2.45, 2.75) is 19.1 Å². The zero-order chi connectivity index (χ0) is 18.3. The number of sulfonamides is 1. The number of benzene rings is 1. The molecule has 1 aromatic rings. The molecule has 1 fully saturated rings. The van der Waals surface area contributed by atoms with Crippen molar-refractivity contribution in [1.82, 2.24) is 5.32 Å². The summed E-state index contributed by atoms with van der Waals surface area (Å²) in [6.45, 7) is 0. The maximum atomic E-state index is 11.9. The third-order valence-electron chi connectivity index (χ3n) is 4.22. The number of quaternary nitrogens is 1. The Bertz CT molecular complexity index is 947. The van der Waals surface area contributed by atoms with E-state index in [1.165, 1.54) is 0 Å². The lowest BCUT2D eigenvalue weighted by Crippen LogP contribution is -3.05. The standard InChI is InChI=1S/C17H19N5O3S/c1-26(24,25)21-14-4-2-3-12(9-14)13-7-8-15-18-17(20-22(15)10-13)19-16(23)11-5-6-11/h2-4,7-11,17,21-22H,5-6H2,1H3,(H,19,23). The van der Waals surface area contributed by atoms with E-state index in [0.29, 0.717) is 10.7 Å². The largest absolute Gasteiger partial charge is 0.402 e. The molecule has 1 amide bonds. The summed E-state index contributed by atoms with van der Waals surface area (Å²) < 4.78 is 25.3. The zero-order valence-electron chi connectivity index (χ0n) is 14.1. The first kappa shape index (κ1) is 17.0. The van der Waals surface area contributed by atoms with Gasteiger partial charge in [0.25, 0.3) is 0 Å². The highest BCUT2D eigenvalue weighted by molar-refractivity contribution is 7.92. The number of anilines is 1. The van der Waals surface area contributed by atoms with Crippen LogP contribution >= 0.6 is 0 Å². The molecule has 2 heterocycles. The molecule has 0 radical (unpaired) electrons. The number of hydrogen-bond acceptors (Lipinski definition) is 4. The van der Waals surface area contributed by atoms with E-state index in [-0.39, 0.29) is 11.8 Å². The highest BCUT2D eigenvalue weighted by atomic mass is 32.2. The van der Waals surface area contributed by atoms with Crippen molar-refractivity contribution in [1.29, 1.82) is 0 Å². The van der Waals surface area contributed by atoms with Crippen LogP contribution in [-0.4, -0.2) is 32.7 Å². The van der Waals surface area contributed by atoms with Crippen molar-refractivity contribution < 1.29 is 18.2 Å². The number of rotatable bonds is 5. The van der Waals surface area contributed by atoms with Crippen LogP contribution in [0.2, 0.25) is 0 Å². The minimum atomic E-state index is -3.33. The van der Waals surface area contributed by atoms with Crippen molar-refractivity contribution in [3.05, 3.63) is 53.6 Å². The summed E-state index contributed by atoms with van der Waals surface area (Å²) in [6, 6.07) is 7.15. The van der Waals surface area contributed by atoms with Crippen LogP contribution < -0.4 is 15.0 Å². The molecule has 0 spiro atoms. The van der Waals surface area contributed by atoms with Gasteiger partial charge in [-0.25, -0.2) is 13.4 Å². The molecule has 1 saturated carbocycles. The summed E-state index contributed by atoms with van der Waals surface area (Å²) in [4.78, 5) is 16.3. The van der Waals surface area contributed by atoms with E-state index < -0.39 is 16.3 Å². The number of amidine groups is 1. The second-order valence-corrected chi connectivity index (χ2v) is 8.32. The molecule has 0 bridgehead atoms. The first-order valence-electron chi connectivity index (χ1n) is 8.32. The molecule has 4 rings (SSSR count). The zero-order valence-corrected chi connectivity index (χ0v) is 15.0. The van der Waals surface area contributed by atoms with E-state index in [1.54, 1.807) is 18.2 Å². The predicted molar refractivity (Wildman–Crippen MR) is 98.4 cm³/mol. The van der Waals surface area contributed by atoms with Gasteiger partial charge in [-0.2, -0.15) is 0 Å². The monoisotopic (exact) mass is 373 g/mol. The van der Waals surface area contributed by atoms with Gasteiger partial charge < -0.3 is 15.8 Å². The highest BCUT2D eigenvalue weighted by Crippen LogP contribution is 2.29. The minimum absolute atomic E-state index is 0.00933. The van der Waals surface area contributed by atoms with Gasteiger partial charge in [0.15, 0.2) is 0 Å². The van der Waals surface area contributed by atoms with Gasteiger partial charge in [-0.15, -0.1) is 0 Å². The normalized spacial score (nSPS) is 24.5. The van der Waals surface area contributed by atoms with Crippen molar-refractivity contribution in [3.63, 3.8) is 0 Å². The van der Waals surface area contributed by atoms with Gasteiger partial charge in [0, 0.05) is 23.3 Å². The summed E-state index contributed by atoms with van der Waals surface area (Å²) in [5, 5.41) is 3.55. The SMILES string of the molecule is CS(=O)(=O)Nc1cccc(C2=C[NH+]3[N-]C(NC(=O)C4CC4)N=C3C=C2)c1. The van der Waals surface area contributed by atoms with Gasteiger partial charge in [-0.05, 0) is 36.6 Å². The van der Waals surface area contributed by atoms with Gasteiger partial charge in [0.1, 0.15) is 0 Å². The number of aliphatic imine (C=N–C) groups is 1. The summed E-state index contributed by atoms with van der Waals surface area (Å²) in [6.07, 6.45) is 8.08. The Labute approximate surface area is 151 Å². The smallest absolute Gasteiger partial charge is 0.229 e. The Balaban J connectivity index is 1.49. The van der Waals surface area contributed by atoms with Crippen molar-refractivity contribution in [2.24, 2.45) is 10.9 Å².